The molecule has 164 valence electrons. The van der Waals surface area contributed by atoms with E-state index >= 15 is 0 Å². The number of hydrogen-bond acceptors (Lipinski definition) is 6. The summed E-state index contributed by atoms with van der Waals surface area (Å²) in [5.74, 6) is 0.0988. The van der Waals surface area contributed by atoms with E-state index in [1.54, 1.807) is 19.1 Å². The molecule has 1 atom stereocenters. The van der Waals surface area contributed by atoms with Crippen molar-refractivity contribution in [1.82, 2.24) is 5.16 Å². The van der Waals surface area contributed by atoms with Crippen molar-refractivity contribution < 1.29 is 9.32 Å². The third kappa shape index (κ3) is 4.10. The molecule has 0 fully saturated rings. The summed E-state index contributed by atoms with van der Waals surface area (Å²) in [6, 6.07) is 24.9. The molecule has 1 aliphatic heterocycles. The zero-order chi connectivity index (χ0) is 22.8. The molecular weight excluding hydrogens is 438 g/mol. The smallest absolute Gasteiger partial charge is 0.261 e. The lowest BCUT2D eigenvalue weighted by atomic mass is 10.1. The van der Waals surface area contributed by atoms with Crippen LogP contribution in [0.15, 0.2) is 93.7 Å². The number of carbonyl (C=O) groups excluding carboxylic acids is 1. The molecule has 0 radical (unpaired) electrons. The van der Waals surface area contributed by atoms with Crippen molar-refractivity contribution in [2.45, 2.75) is 13.0 Å². The van der Waals surface area contributed by atoms with Gasteiger partial charge in [-0.15, -0.1) is 0 Å². The molecule has 5 rings (SSSR count). The number of rotatable bonds is 5. The summed E-state index contributed by atoms with van der Waals surface area (Å²) in [5, 5.41) is 17.9. The quantitative estimate of drug-likeness (QED) is 0.371. The summed E-state index contributed by atoms with van der Waals surface area (Å²) < 4.78 is 5.31. The maximum absolute atomic E-state index is 13.1. The van der Waals surface area contributed by atoms with Crippen LogP contribution in [0.2, 0.25) is 5.02 Å². The van der Waals surface area contributed by atoms with E-state index in [1.807, 2.05) is 59.6 Å². The Bertz CT molecular complexity index is 1320. The number of nitrogens with zero attached hydrogens (tertiary/aromatic N) is 4. The number of anilines is 2. The van der Waals surface area contributed by atoms with Gasteiger partial charge < -0.3 is 9.84 Å². The molecule has 0 bridgehead atoms. The van der Waals surface area contributed by atoms with Crippen LogP contribution < -0.4 is 10.3 Å². The van der Waals surface area contributed by atoms with Gasteiger partial charge in [0.25, 0.3) is 5.91 Å². The number of aromatic nitrogens is 1. The summed E-state index contributed by atoms with van der Waals surface area (Å²) in [7, 11) is 0. The predicted octanol–water partition coefficient (Wildman–Crippen LogP) is 6.48. The highest BCUT2D eigenvalue weighted by molar-refractivity contribution is 6.33. The van der Waals surface area contributed by atoms with Crippen molar-refractivity contribution in [1.29, 1.82) is 0 Å². The molecule has 1 unspecified atom stereocenters. The van der Waals surface area contributed by atoms with Gasteiger partial charge in [-0.3, -0.25) is 4.79 Å². The fraction of sp³-hybridized carbons (Fsp3) is 0.120. The minimum Gasteiger partial charge on any atom is -0.360 e. The van der Waals surface area contributed by atoms with E-state index in [0.717, 1.165) is 11.3 Å². The first-order valence-electron chi connectivity index (χ1n) is 10.5. The van der Waals surface area contributed by atoms with Crippen LogP contribution in [0.4, 0.5) is 11.4 Å². The average molecular weight is 458 g/mol. The summed E-state index contributed by atoms with van der Waals surface area (Å²) in [6.07, 6.45) is 0. The average Bonchev–Trinajstić information content (AvgIpc) is 3.47. The Labute approximate surface area is 195 Å². The second-order valence-electron chi connectivity index (χ2n) is 7.63. The summed E-state index contributed by atoms with van der Waals surface area (Å²) in [6.45, 7) is 2.30. The van der Waals surface area contributed by atoms with Crippen molar-refractivity contribution in [3.63, 3.8) is 0 Å². The lowest BCUT2D eigenvalue weighted by molar-refractivity contribution is 0.102. The minimum absolute atomic E-state index is 0.0458. The van der Waals surface area contributed by atoms with Gasteiger partial charge in [0.1, 0.15) is 23.1 Å². The molecule has 7 nitrogen and oxygen atoms in total. The number of aryl methyl sites for hydroxylation is 1. The number of amides is 1. The maximum Gasteiger partial charge on any atom is 0.261 e. The van der Waals surface area contributed by atoms with Gasteiger partial charge in [-0.05, 0) is 42.8 Å². The molecule has 1 amide bonds. The minimum atomic E-state index is -0.320. The second-order valence-corrected chi connectivity index (χ2v) is 8.03. The van der Waals surface area contributed by atoms with Crippen molar-refractivity contribution in [2.75, 3.05) is 16.9 Å². The van der Waals surface area contributed by atoms with Crippen LogP contribution in [0.1, 0.15) is 27.7 Å². The SMILES string of the molecule is Cc1onc(-c2ccccc2Cl)c1C(=O)Nc1ccc(N2N=NCC2c2ccccc2)cc1. The molecule has 8 heteroatoms. The number of hydrogen-bond donors (Lipinski definition) is 1. The molecule has 0 spiro atoms. The third-order valence-corrected chi connectivity index (χ3v) is 5.83. The number of benzene rings is 3. The molecule has 1 N–H and O–H groups in total. The normalized spacial score (nSPS) is 15.1. The van der Waals surface area contributed by atoms with Gasteiger partial charge >= 0.3 is 0 Å². The third-order valence-electron chi connectivity index (χ3n) is 5.50. The van der Waals surface area contributed by atoms with Crippen LogP contribution in [0.25, 0.3) is 11.3 Å². The lowest BCUT2D eigenvalue weighted by Gasteiger charge is -2.22. The van der Waals surface area contributed by atoms with E-state index in [-0.39, 0.29) is 11.9 Å². The molecule has 0 aliphatic carbocycles. The van der Waals surface area contributed by atoms with Gasteiger partial charge in [0.15, 0.2) is 0 Å². The predicted molar refractivity (Wildman–Crippen MR) is 127 cm³/mol. The largest absolute Gasteiger partial charge is 0.360 e. The first kappa shape index (κ1) is 20.9. The van der Waals surface area contributed by atoms with Crippen LogP contribution in [0, 0.1) is 6.92 Å². The van der Waals surface area contributed by atoms with Crippen LogP contribution >= 0.6 is 11.6 Å². The van der Waals surface area contributed by atoms with Crippen LogP contribution in [-0.4, -0.2) is 17.6 Å². The number of carbonyl (C=O) groups is 1. The molecule has 2 heterocycles. The zero-order valence-corrected chi connectivity index (χ0v) is 18.5. The Morgan fingerprint density at radius 1 is 1.03 bits per heavy atom. The second kappa shape index (κ2) is 8.88. The topological polar surface area (TPSA) is 83.1 Å². The first-order valence-corrected chi connectivity index (χ1v) is 10.8. The molecule has 1 aliphatic rings. The van der Waals surface area contributed by atoms with Gasteiger partial charge in [-0.1, -0.05) is 70.5 Å². The van der Waals surface area contributed by atoms with Gasteiger partial charge in [0.2, 0.25) is 0 Å². The summed E-state index contributed by atoms with van der Waals surface area (Å²) in [4.78, 5) is 13.1. The van der Waals surface area contributed by atoms with Gasteiger partial charge in [0.05, 0.1) is 17.3 Å². The highest BCUT2D eigenvalue weighted by Gasteiger charge is 2.26. The Kier molecular flexibility index (Phi) is 5.62. The highest BCUT2D eigenvalue weighted by atomic mass is 35.5. The van der Waals surface area contributed by atoms with E-state index in [1.165, 1.54) is 0 Å². The van der Waals surface area contributed by atoms with Crippen molar-refractivity contribution in [3.05, 3.63) is 101 Å². The summed E-state index contributed by atoms with van der Waals surface area (Å²) >= 11 is 6.31. The van der Waals surface area contributed by atoms with E-state index in [2.05, 4.69) is 32.9 Å². The molecule has 0 saturated heterocycles. The number of nitrogens with one attached hydrogen (secondary N) is 1. The van der Waals surface area contributed by atoms with E-state index in [0.29, 0.717) is 39.8 Å². The van der Waals surface area contributed by atoms with Gasteiger partial charge in [-0.2, -0.15) is 5.11 Å². The van der Waals surface area contributed by atoms with Crippen molar-refractivity contribution in [2.24, 2.45) is 10.3 Å². The Morgan fingerprint density at radius 2 is 1.76 bits per heavy atom. The van der Waals surface area contributed by atoms with Crippen molar-refractivity contribution >= 4 is 28.9 Å². The van der Waals surface area contributed by atoms with E-state index in [4.69, 9.17) is 16.1 Å². The molecular formula is C25H20ClN5O2. The molecule has 33 heavy (non-hydrogen) atoms. The van der Waals surface area contributed by atoms with E-state index in [9.17, 15) is 4.79 Å². The van der Waals surface area contributed by atoms with Crippen molar-refractivity contribution in [3.8, 4) is 11.3 Å². The highest BCUT2D eigenvalue weighted by Crippen LogP contribution is 2.34. The van der Waals surface area contributed by atoms with Crippen LogP contribution in [-0.2, 0) is 0 Å². The Hall–Kier alpha value is -3.97. The van der Waals surface area contributed by atoms with Crippen LogP contribution in [0.3, 0.4) is 0 Å². The lowest BCUT2D eigenvalue weighted by Crippen LogP contribution is -2.20. The Morgan fingerprint density at radius 3 is 2.52 bits per heavy atom. The standard InChI is InChI=1S/C25H20ClN5O2/c1-16-23(24(29-33-16)20-9-5-6-10-21(20)26)25(32)28-18-11-13-19(14-12-18)31-22(15-27-30-31)17-7-3-2-4-8-17/h2-14,22H,15H2,1H3,(H,28,32). The van der Waals surface area contributed by atoms with E-state index < -0.39 is 0 Å². The Balaban J connectivity index is 1.36. The molecule has 4 aromatic rings. The number of halogens is 1. The fourth-order valence-electron chi connectivity index (χ4n) is 3.84. The maximum atomic E-state index is 13.1. The first-order chi connectivity index (χ1) is 16.1. The molecule has 1 aromatic heterocycles. The van der Waals surface area contributed by atoms with Crippen LogP contribution in [0.5, 0.6) is 0 Å². The zero-order valence-electron chi connectivity index (χ0n) is 17.8. The summed E-state index contributed by atoms with van der Waals surface area (Å²) in [5.41, 5.74) is 4.08. The molecule has 3 aromatic carbocycles. The van der Waals surface area contributed by atoms with Gasteiger partial charge in [-0.25, -0.2) is 5.01 Å². The van der Waals surface area contributed by atoms with Gasteiger partial charge in [0, 0.05) is 11.3 Å². The monoisotopic (exact) mass is 457 g/mol. The molecule has 0 saturated carbocycles. The fourth-order valence-corrected chi connectivity index (χ4v) is 4.07.